The van der Waals surface area contributed by atoms with E-state index in [2.05, 4.69) is 5.32 Å². The minimum absolute atomic E-state index is 0.0854. The Kier molecular flexibility index (Phi) is 3.94. The standard InChI is InChI=1S/C12H14F2N2O3S/c13-9-5-10(14)11(15)4-8(9)12(17)16-6-7-2-1-3-20(7,18)19/h4-5,7H,1-3,6,15H2,(H,16,17). The molecule has 0 radical (unpaired) electrons. The molecule has 1 unspecified atom stereocenters. The Morgan fingerprint density at radius 2 is 2.05 bits per heavy atom. The van der Waals surface area contributed by atoms with E-state index in [1.807, 2.05) is 0 Å². The van der Waals surface area contributed by atoms with Gasteiger partial charge in [-0.3, -0.25) is 4.79 Å². The zero-order chi connectivity index (χ0) is 14.9. The summed E-state index contributed by atoms with van der Waals surface area (Å²) in [5, 5.41) is 1.70. The molecule has 0 saturated carbocycles. The first-order valence-corrected chi connectivity index (χ1v) is 7.77. The number of rotatable bonds is 3. The predicted molar refractivity (Wildman–Crippen MR) is 69.9 cm³/mol. The van der Waals surface area contributed by atoms with Crippen molar-refractivity contribution in [3.8, 4) is 0 Å². The summed E-state index contributed by atoms with van der Waals surface area (Å²) in [7, 11) is -3.18. The van der Waals surface area contributed by atoms with Gasteiger partial charge in [-0.25, -0.2) is 17.2 Å². The maximum absolute atomic E-state index is 13.5. The van der Waals surface area contributed by atoms with Crippen molar-refractivity contribution in [2.75, 3.05) is 18.0 Å². The van der Waals surface area contributed by atoms with Crippen molar-refractivity contribution in [1.82, 2.24) is 5.32 Å². The second-order valence-electron chi connectivity index (χ2n) is 4.69. The van der Waals surface area contributed by atoms with Gasteiger partial charge in [0, 0.05) is 12.6 Å². The number of carbonyl (C=O) groups excluding carboxylic acids is 1. The summed E-state index contributed by atoms with van der Waals surface area (Å²) in [6.07, 6.45) is 1.03. The average Bonchev–Trinajstić information content (AvgIpc) is 2.70. The molecule has 0 bridgehead atoms. The van der Waals surface area contributed by atoms with Gasteiger partial charge in [-0.1, -0.05) is 0 Å². The molecule has 1 amide bonds. The van der Waals surface area contributed by atoms with Crippen LogP contribution >= 0.6 is 0 Å². The molecule has 5 nitrogen and oxygen atoms in total. The molecule has 1 saturated heterocycles. The third-order valence-corrected chi connectivity index (χ3v) is 5.56. The van der Waals surface area contributed by atoms with Gasteiger partial charge >= 0.3 is 0 Å². The smallest absolute Gasteiger partial charge is 0.254 e. The van der Waals surface area contributed by atoms with E-state index in [4.69, 9.17) is 5.73 Å². The normalized spacial score (nSPS) is 20.8. The van der Waals surface area contributed by atoms with E-state index in [0.29, 0.717) is 18.9 Å². The molecule has 0 aliphatic carbocycles. The quantitative estimate of drug-likeness (QED) is 0.810. The van der Waals surface area contributed by atoms with Crippen molar-refractivity contribution in [1.29, 1.82) is 0 Å². The molecule has 3 N–H and O–H groups in total. The minimum atomic E-state index is -3.18. The van der Waals surface area contributed by atoms with Crippen LogP contribution in [-0.2, 0) is 9.84 Å². The molecule has 1 aromatic carbocycles. The Balaban J connectivity index is 2.08. The highest BCUT2D eigenvalue weighted by atomic mass is 32.2. The third-order valence-electron chi connectivity index (χ3n) is 3.28. The summed E-state index contributed by atoms with van der Waals surface area (Å²) in [6, 6.07) is 1.42. The molecule has 110 valence electrons. The Morgan fingerprint density at radius 3 is 2.65 bits per heavy atom. The number of amides is 1. The number of nitrogen functional groups attached to an aromatic ring is 1. The Hall–Kier alpha value is -1.70. The molecule has 0 spiro atoms. The summed E-state index contributed by atoms with van der Waals surface area (Å²) in [5.41, 5.74) is 4.53. The van der Waals surface area contributed by atoms with E-state index >= 15 is 0 Å². The lowest BCUT2D eigenvalue weighted by molar-refractivity contribution is 0.0949. The van der Waals surface area contributed by atoms with Gasteiger partial charge in [0.25, 0.3) is 5.91 Å². The molecular weight excluding hydrogens is 290 g/mol. The highest BCUT2D eigenvalue weighted by molar-refractivity contribution is 7.92. The molecule has 1 aromatic rings. The van der Waals surface area contributed by atoms with Gasteiger partial charge in [-0.05, 0) is 18.9 Å². The second-order valence-corrected chi connectivity index (χ2v) is 7.10. The van der Waals surface area contributed by atoms with Crippen LogP contribution in [0.15, 0.2) is 12.1 Å². The summed E-state index contributed by atoms with van der Waals surface area (Å²) in [5.74, 6) is -2.69. The van der Waals surface area contributed by atoms with E-state index in [9.17, 15) is 22.0 Å². The van der Waals surface area contributed by atoms with Gasteiger partial charge in [-0.2, -0.15) is 0 Å². The number of sulfone groups is 1. The Bertz CT molecular complexity index is 646. The van der Waals surface area contributed by atoms with Crippen LogP contribution in [-0.4, -0.2) is 31.9 Å². The number of carbonyl (C=O) groups is 1. The van der Waals surface area contributed by atoms with Crippen LogP contribution < -0.4 is 11.1 Å². The summed E-state index contributed by atoms with van der Waals surface area (Å²) in [4.78, 5) is 11.8. The zero-order valence-electron chi connectivity index (χ0n) is 10.5. The van der Waals surface area contributed by atoms with Crippen LogP contribution in [0.3, 0.4) is 0 Å². The lowest BCUT2D eigenvalue weighted by Crippen LogP contribution is -2.35. The van der Waals surface area contributed by atoms with Crippen molar-refractivity contribution < 1.29 is 22.0 Å². The Labute approximate surface area is 115 Å². The molecule has 20 heavy (non-hydrogen) atoms. The van der Waals surface area contributed by atoms with Crippen molar-refractivity contribution >= 4 is 21.4 Å². The topological polar surface area (TPSA) is 89.3 Å². The van der Waals surface area contributed by atoms with E-state index in [-0.39, 0.29) is 18.0 Å². The number of halogens is 2. The molecule has 1 aliphatic heterocycles. The van der Waals surface area contributed by atoms with Crippen molar-refractivity contribution in [3.05, 3.63) is 29.3 Å². The molecule has 8 heteroatoms. The van der Waals surface area contributed by atoms with Gasteiger partial charge in [0.05, 0.1) is 22.3 Å². The number of anilines is 1. The van der Waals surface area contributed by atoms with Crippen LogP contribution in [0.5, 0.6) is 0 Å². The lowest BCUT2D eigenvalue weighted by atomic mass is 10.1. The number of hydrogen-bond donors (Lipinski definition) is 2. The molecule has 1 heterocycles. The number of nitrogens with one attached hydrogen (secondary N) is 1. The van der Waals surface area contributed by atoms with Gasteiger partial charge in [-0.15, -0.1) is 0 Å². The first-order chi connectivity index (χ1) is 9.31. The zero-order valence-corrected chi connectivity index (χ0v) is 11.3. The number of hydrogen-bond acceptors (Lipinski definition) is 4. The first kappa shape index (κ1) is 14.7. The Morgan fingerprint density at radius 1 is 1.35 bits per heavy atom. The minimum Gasteiger partial charge on any atom is -0.396 e. The maximum Gasteiger partial charge on any atom is 0.254 e. The molecule has 1 atom stereocenters. The second kappa shape index (κ2) is 5.35. The van der Waals surface area contributed by atoms with Crippen molar-refractivity contribution in [2.24, 2.45) is 0 Å². The van der Waals surface area contributed by atoms with Crippen LogP contribution in [0.4, 0.5) is 14.5 Å². The fourth-order valence-electron chi connectivity index (χ4n) is 2.13. The van der Waals surface area contributed by atoms with E-state index in [1.165, 1.54) is 0 Å². The van der Waals surface area contributed by atoms with E-state index < -0.39 is 38.2 Å². The molecular formula is C12H14F2N2O3S. The van der Waals surface area contributed by atoms with E-state index in [1.54, 1.807) is 0 Å². The summed E-state index contributed by atoms with van der Waals surface area (Å²) >= 11 is 0. The van der Waals surface area contributed by atoms with Crippen LogP contribution in [0.25, 0.3) is 0 Å². The fourth-order valence-corrected chi connectivity index (χ4v) is 3.89. The summed E-state index contributed by atoms with van der Waals surface area (Å²) < 4.78 is 49.6. The van der Waals surface area contributed by atoms with Gasteiger partial charge in [0.15, 0.2) is 9.84 Å². The molecule has 0 aromatic heterocycles. The average molecular weight is 304 g/mol. The van der Waals surface area contributed by atoms with Crippen LogP contribution in [0, 0.1) is 11.6 Å². The molecule has 1 aliphatic rings. The van der Waals surface area contributed by atoms with Crippen LogP contribution in [0.2, 0.25) is 0 Å². The van der Waals surface area contributed by atoms with Gasteiger partial charge in [0.1, 0.15) is 11.6 Å². The number of benzene rings is 1. The third kappa shape index (κ3) is 2.90. The largest absolute Gasteiger partial charge is 0.396 e. The van der Waals surface area contributed by atoms with Gasteiger partial charge < -0.3 is 11.1 Å². The monoisotopic (exact) mass is 304 g/mol. The SMILES string of the molecule is Nc1cc(C(=O)NCC2CCCS2(=O)=O)c(F)cc1F. The predicted octanol–water partition coefficient (Wildman–Crippen LogP) is 0.854. The van der Waals surface area contributed by atoms with E-state index in [0.717, 1.165) is 6.07 Å². The van der Waals surface area contributed by atoms with Gasteiger partial charge in [0.2, 0.25) is 0 Å². The molecule has 1 fully saturated rings. The van der Waals surface area contributed by atoms with Crippen molar-refractivity contribution in [2.45, 2.75) is 18.1 Å². The highest BCUT2D eigenvalue weighted by Gasteiger charge is 2.31. The number of nitrogens with two attached hydrogens (primary N) is 1. The van der Waals surface area contributed by atoms with Crippen molar-refractivity contribution in [3.63, 3.8) is 0 Å². The lowest BCUT2D eigenvalue weighted by Gasteiger charge is -2.11. The maximum atomic E-state index is 13.5. The first-order valence-electron chi connectivity index (χ1n) is 6.05. The summed E-state index contributed by atoms with van der Waals surface area (Å²) in [6.45, 7) is -0.0854. The van der Waals surface area contributed by atoms with Crippen LogP contribution in [0.1, 0.15) is 23.2 Å². The molecule has 2 rings (SSSR count). The highest BCUT2D eigenvalue weighted by Crippen LogP contribution is 2.20. The fraction of sp³-hybridized carbons (Fsp3) is 0.417.